The minimum atomic E-state index is -1.19. The average Bonchev–Trinajstić information content (AvgIpc) is 2.96. The molecule has 0 aromatic heterocycles. The summed E-state index contributed by atoms with van der Waals surface area (Å²) in [5.74, 6) is -0.785. The number of primary amides is 1. The molecule has 1 fully saturated rings. The van der Waals surface area contributed by atoms with Crippen LogP contribution in [0.15, 0.2) is 30.3 Å². The molecular formula is C13H19N3O5. The number of rotatable bonds is 7. The fraction of sp³-hybridized carbons (Fsp3) is 0.462. The van der Waals surface area contributed by atoms with E-state index in [9.17, 15) is 9.90 Å². The molecule has 3 atom stereocenters. The van der Waals surface area contributed by atoms with E-state index in [1.807, 2.05) is 30.3 Å². The number of nitrogens with zero attached hydrogens (tertiary/aromatic N) is 1. The topological polar surface area (TPSA) is 120 Å². The molecule has 1 aromatic carbocycles. The largest absolute Gasteiger partial charge is 0.389 e. The molecule has 8 nitrogen and oxygen atoms in total. The quantitative estimate of drug-likeness (QED) is 0.593. The van der Waals surface area contributed by atoms with E-state index in [4.69, 9.17) is 25.8 Å². The van der Waals surface area contributed by atoms with Gasteiger partial charge in [-0.2, -0.15) is 0 Å². The second kappa shape index (κ2) is 7.46. The van der Waals surface area contributed by atoms with Crippen LogP contribution < -0.4 is 11.5 Å². The van der Waals surface area contributed by atoms with Gasteiger partial charge in [-0.05, 0) is 0 Å². The van der Waals surface area contributed by atoms with Crippen molar-refractivity contribution in [3.8, 4) is 0 Å². The summed E-state index contributed by atoms with van der Waals surface area (Å²) in [4.78, 5) is 16.7. The van der Waals surface area contributed by atoms with Gasteiger partial charge in [0.2, 0.25) is 12.2 Å². The smallest absolute Gasteiger partial charge is 0.249 e. The predicted octanol–water partition coefficient (Wildman–Crippen LogP) is -0.946. The number of amides is 1. The molecule has 1 aliphatic heterocycles. The van der Waals surface area contributed by atoms with Crippen molar-refractivity contribution in [3.05, 3.63) is 35.9 Å². The van der Waals surface area contributed by atoms with Crippen molar-refractivity contribution < 1.29 is 24.2 Å². The maximum atomic E-state index is 11.2. The summed E-state index contributed by atoms with van der Waals surface area (Å²) >= 11 is 0. The summed E-state index contributed by atoms with van der Waals surface area (Å²) in [6, 6.07) is 9.40. The summed E-state index contributed by atoms with van der Waals surface area (Å²) in [5.41, 5.74) is 11.3. The Labute approximate surface area is 122 Å². The van der Waals surface area contributed by atoms with Crippen LogP contribution in [-0.4, -0.2) is 48.3 Å². The maximum Gasteiger partial charge on any atom is 0.249 e. The fourth-order valence-electron chi connectivity index (χ4n) is 1.85. The zero-order valence-corrected chi connectivity index (χ0v) is 11.4. The predicted molar refractivity (Wildman–Crippen MR) is 72.1 cm³/mol. The summed E-state index contributed by atoms with van der Waals surface area (Å²) in [7, 11) is 0. The van der Waals surface area contributed by atoms with Gasteiger partial charge in [-0.25, -0.2) is 0 Å². The van der Waals surface area contributed by atoms with Crippen molar-refractivity contribution in [1.29, 1.82) is 0 Å². The highest BCUT2D eigenvalue weighted by Crippen LogP contribution is 2.25. The van der Waals surface area contributed by atoms with Crippen molar-refractivity contribution in [2.24, 2.45) is 11.5 Å². The first kappa shape index (κ1) is 15.8. The molecule has 0 bridgehead atoms. The first-order valence-electron chi connectivity index (χ1n) is 6.49. The van der Waals surface area contributed by atoms with E-state index in [0.717, 1.165) is 5.56 Å². The molecule has 1 aromatic rings. The molecule has 116 valence electrons. The number of hydroxylamine groups is 2. The number of aliphatic hydroxyl groups excluding tert-OH is 1. The number of hydrogen-bond acceptors (Lipinski definition) is 7. The highest BCUT2D eigenvalue weighted by atomic mass is 16.9. The van der Waals surface area contributed by atoms with Crippen molar-refractivity contribution in [1.82, 2.24) is 5.06 Å². The second-order valence-corrected chi connectivity index (χ2v) is 4.55. The Hall–Kier alpha value is -1.55. The van der Waals surface area contributed by atoms with Crippen LogP contribution in [0.5, 0.6) is 0 Å². The summed E-state index contributed by atoms with van der Waals surface area (Å²) in [6.45, 7) is -0.0324. The van der Waals surface area contributed by atoms with Gasteiger partial charge in [0.05, 0.1) is 0 Å². The van der Waals surface area contributed by atoms with Crippen LogP contribution >= 0.6 is 0 Å². The molecule has 0 saturated carbocycles. The molecule has 5 N–H and O–H groups in total. The Balaban J connectivity index is 1.84. The lowest BCUT2D eigenvalue weighted by atomic mass is 10.2. The van der Waals surface area contributed by atoms with Gasteiger partial charge in [0.1, 0.15) is 19.6 Å². The van der Waals surface area contributed by atoms with Gasteiger partial charge in [0.25, 0.3) is 0 Å². The van der Waals surface area contributed by atoms with E-state index in [0.29, 0.717) is 0 Å². The van der Waals surface area contributed by atoms with E-state index >= 15 is 0 Å². The summed E-state index contributed by atoms with van der Waals surface area (Å²) in [6.07, 6.45) is -2.87. The Bertz CT molecular complexity index is 458. The molecule has 8 heteroatoms. The van der Waals surface area contributed by atoms with Crippen LogP contribution in [0.2, 0.25) is 0 Å². The molecule has 1 heterocycles. The van der Waals surface area contributed by atoms with Crippen LogP contribution in [0.25, 0.3) is 0 Å². The summed E-state index contributed by atoms with van der Waals surface area (Å²) < 4.78 is 10.7. The van der Waals surface area contributed by atoms with Crippen molar-refractivity contribution in [3.63, 3.8) is 0 Å². The Morgan fingerprint density at radius 3 is 2.81 bits per heavy atom. The number of nitrogens with two attached hydrogens (primary N) is 2. The highest BCUT2D eigenvalue weighted by Gasteiger charge is 2.29. The minimum Gasteiger partial charge on any atom is -0.389 e. The van der Waals surface area contributed by atoms with Crippen LogP contribution in [0.1, 0.15) is 11.9 Å². The van der Waals surface area contributed by atoms with Gasteiger partial charge in [-0.3, -0.25) is 9.63 Å². The van der Waals surface area contributed by atoms with E-state index in [-0.39, 0.29) is 20.0 Å². The van der Waals surface area contributed by atoms with Crippen LogP contribution in [0, 0.1) is 0 Å². The number of ether oxygens (including phenoxy) is 2. The van der Waals surface area contributed by atoms with E-state index in [2.05, 4.69) is 0 Å². The van der Waals surface area contributed by atoms with Crippen LogP contribution in [0.3, 0.4) is 0 Å². The van der Waals surface area contributed by atoms with Gasteiger partial charge in [0, 0.05) is 12.1 Å². The van der Waals surface area contributed by atoms with Gasteiger partial charge in [-0.15, -0.1) is 5.06 Å². The van der Waals surface area contributed by atoms with Crippen LogP contribution in [0.4, 0.5) is 0 Å². The molecule has 2 unspecified atom stereocenters. The first-order chi connectivity index (χ1) is 10.1. The fourth-order valence-corrected chi connectivity index (χ4v) is 1.85. The monoisotopic (exact) mass is 297 g/mol. The average molecular weight is 297 g/mol. The Morgan fingerprint density at radius 2 is 2.19 bits per heavy atom. The normalized spacial score (nSPS) is 22.1. The lowest BCUT2D eigenvalue weighted by Crippen LogP contribution is -2.46. The highest BCUT2D eigenvalue weighted by molar-refractivity contribution is 5.79. The first-order valence-corrected chi connectivity index (χ1v) is 6.49. The number of hydrogen-bond donors (Lipinski definition) is 3. The SMILES string of the molecule is NC[C@H](O)C(OCN1COC(c2ccccc2)O1)C(N)=O. The van der Waals surface area contributed by atoms with Crippen molar-refractivity contribution in [2.45, 2.75) is 18.5 Å². The molecule has 0 radical (unpaired) electrons. The zero-order valence-electron chi connectivity index (χ0n) is 11.4. The molecule has 1 saturated heterocycles. The van der Waals surface area contributed by atoms with Gasteiger partial charge in [-0.1, -0.05) is 30.3 Å². The Morgan fingerprint density at radius 1 is 1.48 bits per heavy atom. The molecule has 21 heavy (non-hydrogen) atoms. The molecule has 0 spiro atoms. The van der Waals surface area contributed by atoms with Gasteiger partial charge in [0.15, 0.2) is 6.10 Å². The standard InChI is InChI=1S/C13H19N3O5/c14-6-10(17)11(12(15)18)19-7-16-8-20-13(21-16)9-4-2-1-3-5-9/h1-5,10-11,13,17H,6-8,14H2,(H2,15,18)/t10-,11?,13?/m0/s1. The van der Waals surface area contributed by atoms with Gasteiger partial charge >= 0.3 is 0 Å². The number of carbonyl (C=O) groups excluding carboxylic acids is 1. The van der Waals surface area contributed by atoms with E-state index < -0.39 is 24.4 Å². The molecule has 0 aliphatic carbocycles. The summed E-state index contributed by atoms with van der Waals surface area (Å²) in [5, 5.41) is 10.9. The van der Waals surface area contributed by atoms with E-state index in [1.165, 1.54) is 5.06 Å². The molecule has 2 rings (SSSR count). The van der Waals surface area contributed by atoms with Gasteiger partial charge < -0.3 is 26.0 Å². The van der Waals surface area contributed by atoms with Crippen molar-refractivity contribution >= 4 is 5.91 Å². The lowest BCUT2D eigenvalue weighted by Gasteiger charge is -2.21. The van der Waals surface area contributed by atoms with Crippen molar-refractivity contribution in [2.75, 3.05) is 20.0 Å². The third-order valence-electron chi connectivity index (χ3n) is 2.96. The third kappa shape index (κ3) is 4.21. The Kier molecular flexibility index (Phi) is 5.62. The second-order valence-electron chi connectivity index (χ2n) is 4.55. The number of aliphatic hydroxyl groups is 1. The molecular weight excluding hydrogens is 278 g/mol. The van der Waals surface area contributed by atoms with E-state index in [1.54, 1.807) is 0 Å². The third-order valence-corrected chi connectivity index (χ3v) is 2.96. The van der Waals surface area contributed by atoms with Crippen LogP contribution in [-0.2, 0) is 19.1 Å². The number of benzene rings is 1. The lowest BCUT2D eigenvalue weighted by molar-refractivity contribution is -0.218. The maximum absolute atomic E-state index is 11.2. The minimum absolute atomic E-state index is 0.0754. The zero-order chi connectivity index (χ0) is 15.2. The molecule has 1 aliphatic rings. The molecule has 1 amide bonds. The number of carbonyl (C=O) groups is 1.